The molecule has 3 heteroatoms. The third-order valence-corrected chi connectivity index (χ3v) is 2.92. The highest BCUT2D eigenvalue weighted by molar-refractivity contribution is 7.09. The standard InChI is InChI=1S/C10H14N2S.CH4/c1-10(2,3)9-11-7-5-13-6-8(7)12(9)4;/h5-6H,1-4H3;1H4. The van der Waals surface area contributed by atoms with E-state index >= 15 is 0 Å². The second-order valence-electron chi connectivity index (χ2n) is 4.39. The molecule has 0 atom stereocenters. The Morgan fingerprint density at radius 3 is 2.43 bits per heavy atom. The molecular formula is C11H18N2S. The topological polar surface area (TPSA) is 17.8 Å². The molecule has 0 fully saturated rings. The predicted molar refractivity (Wildman–Crippen MR) is 64.0 cm³/mol. The summed E-state index contributed by atoms with van der Waals surface area (Å²) in [5, 5.41) is 4.25. The first kappa shape index (κ1) is 11.2. The summed E-state index contributed by atoms with van der Waals surface area (Å²) in [7, 11) is 2.09. The average molecular weight is 210 g/mol. The number of fused-ring (bicyclic) bond motifs is 1. The summed E-state index contributed by atoms with van der Waals surface area (Å²) < 4.78 is 2.19. The fraction of sp³-hybridized carbons (Fsp3) is 0.545. The van der Waals surface area contributed by atoms with Gasteiger partial charge in [0, 0.05) is 23.2 Å². The Morgan fingerprint density at radius 2 is 1.93 bits per heavy atom. The second kappa shape index (κ2) is 3.39. The van der Waals surface area contributed by atoms with Crippen molar-refractivity contribution in [3.8, 4) is 0 Å². The van der Waals surface area contributed by atoms with E-state index in [4.69, 9.17) is 0 Å². The fourth-order valence-corrected chi connectivity index (χ4v) is 2.37. The van der Waals surface area contributed by atoms with Crippen molar-refractivity contribution >= 4 is 22.4 Å². The van der Waals surface area contributed by atoms with Crippen LogP contribution in [0.3, 0.4) is 0 Å². The van der Waals surface area contributed by atoms with Gasteiger partial charge in [0.2, 0.25) is 0 Å². The molecule has 2 heterocycles. The molecule has 2 aromatic rings. The van der Waals surface area contributed by atoms with Crippen LogP contribution in [0, 0.1) is 0 Å². The highest BCUT2D eigenvalue weighted by Gasteiger charge is 2.21. The van der Waals surface area contributed by atoms with E-state index < -0.39 is 0 Å². The minimum atomic E-state index is 0. The number of hydrogen-bond acceptors (Lipinski definition) is 2. The van der Waals surface area contributed by atoms with Crippen molar-refractivity contribution in [2.45, 2.75) is 33.6 Å². The molecule has 0 radical (unpaired) electrons. The lowest BCUT2D eigenvalue weighted by Crippen LogP contribution is -2.17. The lowest BCUT2D eigenvalue weighted by molar-refractivity contribution is 0.527. The van der Waals surface area contributed by atoms with Gasteiger partial charge >= 0.3 is 0 Å². The molecule has 0 saturated carbocycles. The summed E-state index contributed by atoms with van der Waals surface area (Å²) in [4.78, 5) is 4.62. The van der Waals surface area contributed by atoms with Crippen molar-refractivity contribution in [2.24, 2.45) is 7.05 Å². The Morgan fingerprint density at radius 1 is 1.29 bits per heavy atom. The van der Waals surface area contributed by atoms with Gasteiger partial charge in [0.15, 0.2) is 0 Å². The van der Waals surface area contributed by atoms with Crippen LogP contribution in [0.25, 0.3) is 11.0 Å². The molecule has 0 aliphatic rings. The summed E-state index contributed by atoms with van der Waals surface area (Å²) in [6, 6.07) is 0. The number of rotatable bonds is 0. The number of aryl methyl sites for hydroxylation is 1. The summed E-state index contributed by atoms with van der Waals surface area (Å²) in [5.74, 6) is 1.16. The molecule has 0 spiro atoms. The van der Waals surface area contributed by atoms with Gasteiger partial charge in [-0.1, -0.05) is 28.2 Å². The van der Waals surface area contributed by atoms with Gasteiger partial charge in [-0.05, 0) is 0 Å². The van der Waals surface area contributed by atoms with Gasteiger partial charge in [0.25, 0.3) is 0 Å². The third-order valence-electron chi connectivity index (χ3n) is 2.20. The molecule has 0 unspecified atom stereocenters. The van der Waals surface area contributed by atoms with Crippen molar-refractivity contribution in [1.29, 1.82) is 0 Å². The molecule has 78 valence electrons. The minimum Gasteiger partial charge on any atom is -0.330 e. The monoisotopic (exact) mass is 210 g/mol. The van der Waals surface area contributed by atoms with E-state index in [0.29, 0.717) is 0 Å². The Kier molecular flexibility index (Phi) is 2.72. The summed E-state index contributed by atoms with van der Waals surface area (Å²) in [6.07, 6.45) is 0. The molecular weight excluding hydrogens is 192 g/mol. The van der Waals surface area contributed by atoms with E-state index in [1.54, 1.807) is 11.3 Å². The summed E-state index contributed by atoms with van der Waals surface area (Å²) >= 11 is 1.71. The highest BCUT2D eigenvalue weighted by atomic mass is 32.1. The van der Waals surface area contributed by atoms with Gasteiger partial charge in [0.1, 0.15) is 5.82 Å². The summed E-state index contributed by atoms with van der Waals surface area (Å²) in [5.41, 5.74) is 2.50. The van der Waals surface area contributed by atoms with E-state index in [1.807, 2.05) is 0 Å². The zero-order valence-electron chi connectivity index (χ0n) is 8.46. The van der Waals surface area contributed by atoms with Crippen molar-refractivity contribution in [3.63, 3.8) is 0 Å². The maximum Gasteiger partial charge on any atom is 0.115 e. The first-order valence-electron chi connectivity index (χ1n) is 4.39. The first-order chi connectivity index (χ1) is 6.00. The van der Waals surface area contributed by atoms with Crippen LogP contribution in [0.4, 0.5) is 0 Å². The van der Waals surface area contributed by atoms with E-state index in [1.165, 1.54) is 5.52 Å². The Balaban J connectivity index is 0.000000980. The van der Waals surface area contributed by atoms with Crippen LogP contribution in [0.2, 0.25) is 0 Å². The fourth-order valence-electron chi connectivity index (χ4n) is 1.59. The van der Waals surface area contributed by atoms with Crippen LogP contribution >= 0.6 is 11.3 Å². The number of hydrogen-bond donors (Lipinski definition) is 0. The van der Waals surface area contributed by atoms with E-state index in [0.717, 1.165) is 11.3 Å². The molecule has 0 aliphatic heterocycles. The van der Waals surface area contributed by atoms with Crippen molar-refractivity contribution < 1.29 is 0 Å². The zero-order valence-corrected chi connectivity index (χ0v) is 9.27. The molecule has 0 saturated heterocycles. The molecule has 2 aromatic heterocycles. The number of nitrogens with zero attached hydrogens (tertiary/aromatic N) is 2. The van der Waals surface area contributed by atoms with Gasteiger partial charge in [-0.25, -0.2) is 4.98 Å². The Bertz CT molecular complexity index is 432. The molecule has 2 rings (SSSR count). The minimum absolute atomic E-state index is 0. The Hall–Kier alpha value is -0.830. The van der Waals surface area contributed by atoms with Gasteiger partial charge in [-0.15, -0.1) is 11.3 Å². The molecule has 2 nitrogen and oxygen atoms in total. The quantitative estimate of drug-likeness (QED) is 0.650. The molecule has 0 aliphatic carbocycles. The van der Waals surface area contributed by atoms with Gasteiger partial charge in [0.05, 0.1) is 11.0 Å². The van der Waals surface area contributed by atoms with E-state index in [2.05, 4.69) is 48.1 Å². The van der Waals surface area contributed by atoms with Crippen LogP contribution < -0.4 is 0 Å². The third kappa shape index (κ3) is 1.57. The highest BCUT2D eigenvalue weighted by Crippen LogP contribution is 2.26. The molecule has 0 bridgehead atoms. The first-order valence-corrected chi connectivity index (χ1v) is 5.33. The maximum absolute atomic E-state index is 4.62. The predicted octanol–water partition coefficient (Wildman–Crippen LogP) is 3.57. The number of thiophene rings is 1. The van der Waals surface area contributed by atoms with Crippen LogP contribution in [-0.4, -0.2) is 9.55 Å². The molecule has 0 N–H and O–H groups in total. The largest absolute Gasteiger partial charge is 0.330 e. The van der Waals surface area contributed by atoms with Crippen molar-refractivity contribution in [2.75, 3.05) is 0 Å². The zero-order chi connectivity index (χ0) is 9.64. The molecule has 0 amide bonds. The van der Waals surface area contributed by atoms with E-state index in [9.17, 15) is 0 Å². The van der Waals surface area contributed by atoms with Crippen molar-refractivity contribution in [3.05, 3.63) is 16.6 Å². The lowest BCUT2D eigenvalue weighted by Gasteiger charge is -2.17. The van der Waals surface area contributed by atoms with Gasteiger partial charge in [-0.3, -0.25) is 0 Å². The number of aromatic nitrogens is 2. The van der Waals surface area contributed by atoms with Gasteiger partial charge < -0.3 is 4.57 Å². The van der Waals surface area contributed by atoms with Crippen LogP contribution in [0.1, 0.15) is 34.0 Å². The smallest absolute Gasteiger partial charge is 0.115 e. The van der Waals surface area contributed by atoms with E-state index in [-0.39, 0.29) is 12.8 Å². The molecule has 0 aromatic carbocycles. The van der Waals surface area contributed by atoms with Crippen LogP contribution in [0.15, 0.2) is 10.8 Å². The Labute approximate surface area is 89.6 Å². The van der Waals surface area contributed by atoms with Crippen molar-refractivity contribution in [1.82, 2.24) is 9.55 Å². The number of imidazole rings is 1. The SMILES string of the molecule is C.Cn1c(C(C)(C)C)nc2cscc21. The summed E-state index contributed by atoms with van der Waals surface area (Å²) in [6.45, 7) is 6.58. The normalized spacial score (nSPS) is 11.7. The van der Waals surface area contributed by atoms with Gasteiger partial charge in [-0.2, -0.15) is 0 Å². The maximum atomic E-state index is 4.62. The average Bonchev–Trinajstić information content (AvgIpc) is 2.51. The second-order valence-corrected chi connectivity index (χ2v) is 5.13. The van der Waals surface area contributed by atoms with Crippen LogP contribution in [0.5, 0.6) is 0 Å². The molecule has 14 heavy (non-hydrogen) atoms. The lowest BCUT2D eigenvalue weighted by atomic mass is 9.96. The van der Waals surface area contributed by atoms with Crippen LogP contribution in [-0.2, 0) is 12.5 Å².